The molecule has 0 aromatic heterocycles. The van der Waals surface area contributed by atoms with Crippen molar-refractivity contribution in [3.63, 3.8) is 0 Å². The maximum Gasteiger partial charge on any atom is 0.216 e. The van der Waals surface area contributed by atoms with E-state index in [1.54, 1.807) is 32.4 Å². The van der Waals surface area contributed by atoms with Crippen molar-refractivity contribution in [2.24, 2.45) is 16.1 Å². The number of hydrogen-bond donors (Lipinski definition) is 1. The van der Waals surface area contributed by atoms with E-state index in [1.807, 2.05) is 12.1 Å². The molecule has 2 aliphatic carbocycles. The standard InChI is InChI=1S/C24H27Cl2N3O3/c1-29(14-30)23(27)28-22-21-12-19(32-20-10-16(25)9-17(26)11-20)4-3-15(21)13-24(22)7-5-18(31-2)6-8-24/h3-4,9-12,14,18,22H,5-8,13H2,1-2H3,(H2,27,28). The van der Waals surface area contributed by atoms with E-state index < -0.39 is 0 Å². The molecule has 170 valence electrons. The summed E-state index contributed by atoms with van der Waals surface area (Å²) in [5.74, 6) is 1.45. The van der Waals surface area contributed by atoms with E-state index in [9.17, 15) is 4.79 Å². The smallest absolute Gasteiger partial charge is 0.216 e. The number of amides is 1. The lowest BCUT2D eigenvalue weighted by molar-refractivity contribution is -0.114. The SMILES string of the molecule is COC1CCC2(CC1)Cc1ccc(Oc3cc(Cl)cc(Cl)c3)cc1C2N=C(N)N(C)C=O. The Balaban J connectivity index is 1.69. The molecule has 2 aliphatic rings. The average molecular weight is 476 g/mol. The van der Waals surface area contributed by atoms with Crippen LogP contribution in [0.4, 0.5) is 0 Å². The van der Waals surface area contributed by atoms with Crippen LogP contribution < -0.4 is 10.5 Å². The lowest BCUT2D eigenvalue weighted by Crippen LogP contribution is -2.37. The molecule has 1 spiro atoms. The molecule has 1 unspecified atom stereocenters. The number of rotatable bonds is 5. The predicted molar refractivity (Wildman–Crippen MR) is 127 cm³/mol. The van der Waals surface area contributed by atoms with Crippen molar-refractivity contribution in [3.8, 4) is 11.5 Å². The molecule has 2 aromatic carbocycles. The number of fused-ring (bicyclic) bond motifs is 1. The molecule has 4 rings (SSSR count). The van der Waals surface area contributed by atoms with Crippen LogP contribution in [0.25, 0.3) is 0 Å². The number of ether oxygens (including phenoxy) is 2. The lowest BCUT2D eigenvalue weighted by Gasteiger charge is -2.40. The Morgan fingerprint density at radius 1 is 1.16 bits per heavy atom. The topological polar surface area (TPSA) is 77.2 Å². The summed E-state index contributed by atoms with van der Waals surface area (Å²) >= 11 is 12.2. The minimum atomic E-state index is -0.163. The number of halogens is 2. The molecule has 0 radical (unpaired) electrons. The number of guanidine groups is 1. The number of carbonyl (C=O) groups is 1. The number of carbonyl (C=O) groups excluding carboxylic acids is 1. The van der Waals surface area contributed by atoms with Crippen LogP contribution in [0.1, 0.15) is 42.9 Å². The molecule has 0 saturated heterocycles. The third-order valence-electron chi connectivity index (χ3n) is 6.65. The molecule has 0 bridgehead atoms. The second-order valence-corrected chi connectivity index (χ2v) is 9.52. The van der Waals surface area contributed by atoms with E-state index in [0.29, 0.717) is 28.0 Å². The first kappa shape index (κ1) is 22.9. The van der Waals surface area contributed by atoms with E-state index >= 15 is 0 Å². The Labute approximate surface area is 198 Å². The first-order valence-electron chi connectivity index (χ1n) is 10.6. The zero-order valence-electron chi connectivity index (χ0n) is 18.2. The molecule has 0 heterocycles. The highest BCUT2D eigenvalue weighted by molar-refractivity contribution is 6.34. The zero-order valence-corrected chi connectivity index (χ0v) is 19.7. The van der Waals surface area contributed by atoms with E-state index in [4.69, 9.17) is 43.4 Å². The average Bonchev–Trinajstić information content (AvgIpc) is 3.05. The highest BCUT2D eigenvalue weighted by Crippen LogP contribution is 2.56. The third kappa shape index (κ3) is 4.58. The van der Waals surface area contributed by atoms with Gasteiger partial charge in [-0.25, -0.2) is 4.99 Å². The Hall–Kier alpha value is -2.28. The van der Waals surface area contributed by atoms with Crippen LogP contribution in [-0.2, 0) is 16.0 Å². The van der Waals surface area contributed by atoms with Crippen molar-refractivity contribution in [1.82, 2.24) is 4.90 Å². The highest BCUT2D eigenvalue weighted by atomic mass is 35.5. The maximum absolute atomic E-state index is 11.2. The van der Waals surface area contributed by atoms with Gasteiger partial charge in [0.15, 0.2) is 5.96 Å². The molecule has 32 heavy (non-hydrogen) atoms. The molecule has 2 aromatic rings. The van der Waals surface area contributed by atoms with E-state index in [2.05, 4.69) is 6.07 Å². The van der Waals surface area contributed by atoms with Crippen LogP contribution in [0.5, 0.6) is 11.5 Å². The number of nitrogens with two attached hydrogens (primary N) is 1. The fraction of sp³-hybridized carbons (Fsp3) is 0.417. The second-order valence-electron chi connectivity index (χ2n) is 8.65. The summed E-state index contributed by atoms with van der Waals surface area (Å²) in [5.41, 5.74) is 8.42. The summed E-state index contributed by atoms with van der Waals surface area (Å²) in [6.45, 7) is 0. The van der Waals surface area contributed by atoms with Crippen molar-refractivity contribution in [1.29, 1.82) is 0 Å². The third-order valence-corrected chi connectivity index (χ3v) is 7.09. The van der Waals surface area contributed by atoms with Gasteiger partial charge in [0.05, 0.1) is 12.1 Å². The van der Waals surface area contributed by atoms with Crippen LogP contribution in [0.3, 0.4) is 0 Å². The summed E-state index contributed by atoms with van der Waals surface area (Å²) in [6.07, 6.45) is 5.77. The van der Waals surface area contributed by atoms with Gasteiger partial charge in [0.25, 0.3) is 0 Å². The molecule has 1 fully saturated rings. The Bertz CT molecular complexity index is 1010. The van der Waals surface area contributed by atoms with Crippen LogP contribution in [-0.4, -0.2) is 37.5 Å². The summed E-state index contributed by atoms with van der Waals surface area (Å²) < 4.78 is 11.7. The quantitative estimate of drug-likeness (QED) is 0.358. The number of aliphatic imine (C=N–C) groups is 1. The van der Waals surface area contributed by atoms with Gasteiger partial charge in [-0.05, 0) is 73.6 Å². The fourth-order valence-electron chi connectivity index (χ4n) is 4.92. The minimum absolute atomic E-state index is 0.0519. The number of methoxy groups -OCH3 is 1. The van der Waals surface area contributed by atoms with Crippen LogP contribution >= 0.6 is 23.2 Å². The second kappa shape index (κ2) is 9.30. The van der Waals surface area contributed by atoms with E-state index in [1.165, 1.54) is 10.5 Å². The zero-order chi connectivity index (χ0) is 22.9. The van der Waals surface area contributed by atoms with Gasteiger partial charge in [0.1, 0.15) is 11.5 Å². The summed E-state index contributed by atoms with van der Waals surface area (Å²) in [5, 5.41) is 1.02. The normalized spacial score (nSPS) is 24.9. The van der Waals surface area contributed by atoms with E-state index in [0.717, 1.165) is 37.7 Å². The maximum atomic E-state index is 11.2. The molecular weight excluding hydrogens is 449 g/mol. The first-order chi connectivity index (χ1) is 15.3. The molecule has 1 saturated carbocycles. The summed E-state index contributed by atoms with van der Waals surface area (Å²) in [4.78, 5) is 17.4. The van der Waals surface area contributed by atoms with Gasteiger partial charge >= 0.3 is 0 Å². The Morgan fingerprint density at radius 3 is 2.47 bits per heavy atom. The summed E-state index contributed by atoms with van der Waals surface area (Å²) in [6, 6.07) is 11.0. The molecule has 2 N–H and O–H groups in total. The van der Waals surface area contributed by atoms with Gasteiger partial charge < -0.3 is 15.2 Å². The van der Waals surface area contributed by atoms with Gasteiger partial charge in [-0.1, -0.05) is 29.3 Å². The highest BCUT2D eigenvalue weighted by Gasteiger charge is 2.48. The van der Waals surface area contributed by atoms with Gasteiger partial charge in [-0.3, -0.25) is 9.69 Å². The van der Waals surface area contributed by atoms with Crippen LogP contribution in [0.15, 0.2) is 41.4 Å². The monoisotopic (exact) mass is 475 g/mol. The molecule has 1 amide bonds. The molecule has 8 heteroatoms. The van der Waals surface area contributed by atoms with Crippen molar-refractivity contribution < 1.29 is 14.3 Å². The molecule has 1 atom stereocenters. The molecular formula is C24H27Cl2N3O3. The van der Waals surface area contributed by atoms with Crippen molar-refractivity contribution >= 4 is 35.6 Å². The van der Waals surface area contributed by atoms with Crippen molar-refractivity contribution in [2.45, 2.75) is 44.2 Å². The van der Waals surface area contributed by atoms with Crippen molar-refractivity contribution in [2.75, 3.05) is 14.2 Å². The minimum Gasteiger partial charge on any atom is -0.457 e. The van der Waals surface area contributed by atoms with Crippen LogP contribution in [0, 0.1) is 5.41 Å². The fourth-order valence-corrected chi connectivity index (χ4v) is 5.42. The molecule has 6 nitrogen and oxygen atoms in total. The van der Waals surface area contributed by atoms with E-state index in [-0.39, 0.29) is 23.5 Å². The van der Waals surface area contributed by atoms with Gasteiger partial charge in [-0.15, -0.1) is 0 Å². The Kier molecular flexibility index (Phi) is 6.65. The van der Waals surface area contributed by atoms with Gasteiger partial charge in [-0.2, -0.15) is 0 Å². The number of nitrogens with zero attached hydrogens (tertiary/aromatic N) is 2. The Morgan fingerprint density at radius 2 is 1.84 bits per heavy atom. The largest absolute Gasteiger partial charge is 0.457 e. The number of hydrogen-bond acceptors (Lipinski definition) is 4. The molecule has 0 aliphatic heterocycles. The first-order valence-corrected chi connectivity index (χ1v) is 11.4. The van der Waals surface area contributed by atoms with Crippen molar-refractivity contribution in [3.05, 3.63) is 57.6 Å². The summed E-state index contributed by atoms with van der Waals surface area (Å²) in [7, 11) is 3.38. The lowest BCUT2D eigenvalue weighted by atomic mass is 9.68. The van der Waals surface area contributed by atoms with Gasteiger partial charge in [0.2, 0.25) is 6.41 Å². The van der Waals surface area contributed by atoms with Crippen LogP contribution in [0.2, 0.25) is 10.0 Å². The van der Waals surface area contributed by atoms with Gasteiger partial charge in [0, 0.05) is 29.6 Å². The predicted octanol–water partition coefficient (Wildman–Crippen LogP) is 5.36. The number of benzene rings is 2.